The van der Waals surface area contributed by atoms with Gasteiger partial charge in [0.2, 0.25) is 0 Å². The molecule has 1 saturated heterocycles. The van der Waals surface area contributed by atoms with E-state index in [0.29, 0.717) is 30.9 Å². The molecule has 2 amide bonds. The quantitative estimate of drug-likeness (QED) is 0.751. The Balaban J connectivity index is 2.01. The standard InChI is InChI=1S/C14H18FN3O2/c1-10-7-11(15)9-12(8-10)17-13(19)14(20)18-5-2-3-16-4-6-18/h7-9,16H,2-6H2,1H3,(H,17,19). The van der Waals surface area contributed by atoms with E-state index in [9.17, 15) is 14.0 Å². The Morgan fingerprint density at radius 2 is 2.05 bits per heavy atom. The van der Waals surface area contributed by atoms with Crippen molar-refractivity contribution in [3.8, 4) is 0 Å². The molecule has 0 saturated carbocycles. The lowest BCUT2D eigenvalue weighted by molar-refractivity contribution is -0.143. The van der Waals surface area contributed by atoms with Gasteiger partial charge >= 0.3 is 11.8 Å². The second kappa shape index (κ2) is 6.47. The highest BCUT2D eigenvalue weighted by Gasteiger charge is 2.22. The molecule has 1 heterocycles. The molecule has 0 aliphatic carbocycles. The molecule has 1 aromatic rings. The molecule has 1 fully saturated rings. The summed E-state index contributed by atoms with van der Waals surface area (Å²) in [5, 5.41) is 5.61. The smallest absolute Gasteiger partial charge is 0.313 e. The van der Waals surface area contributed by atoms with Crippen molar-refractivity contribution < 1.29 is 14.0 Å². The van der Waals surface area contributed by atoms with Crippen molar-refractivity contribution in [2.45, 2.75) is 13.3 Å². The Morgan fingerprint density at radius 1 is 1.25 bits per heavy atom. The molecule has 2 N–H and O–H groups in total. The molecular formula is C14H18FN3O2. The number of hydrogen-bond donors (Lipinski definition) is 2. The highest BCUT2D eigenvalue weighted by molar-refractivity contribution is 6.39. The minimum Gasteiger partial charge on any atom is -0.333 e. The van der Waals surface area contributed by atoms with Crippen LogP contribution in [0.5, 0.6) is 0 Å². The zero-order valence-corrected chi connectivity index (χ0v) is 11.4. The van der Waals surface area contributed by atoms with Gasteiger partial charge in [-0.1, -0.05) is 0 Å². The van der Waals surface area contributed by atoms with Gasteiger partial charge in [-0.2, -0.15) is 0 Å². The SMILES string of the molecule is Cc1cc(F)cc(NC(=O)C(=O)N2CCCNCC2)c1. The molecular weight excluding hydrogens is 261 g/mol. The second-order valence-electron chi connectivity index (χ2n) is 4.87. The lowest BCUT2D eigenvalue weighted by Crippen LogP contribution is -2.41. The lowest BCUT2D eigenvalue weighted by Gasteiger charge is -2.19. The van der Waals surface area contributed by atoms with Crippen molar-refractivity contribution in [3.05, 3.63) is 29.6 Å². The van der Waals surface area contributed by atoms with E-state index in [-0.39, 0.29) is 0 Å². The van der Waals surface area contributed by atoms with Gasteiger partial charge in [0, 0.05) is 25.3 Å². The van der Waals surface area contributed by atoms with Crippen LogP contribution in [0, 0.1) is 12.7 Å². The maximum absolute atomic E-state index is 13.2. The van der Waals surface area contributed by atoms with Gasteiger partial charge in [0.15, 0.2) is 0 Å². The van der Waals surface area contributed by atoms with E-state index in [2.05, 4.69) is 10.6 Å². The van der Waals surface area contributed by atoms with Crippen LogP contribution in [0.25, 0.3) is 0 Å². The summed E-state index contributed by atoms with van der Waals surface area (Å²) in [6.07, 6.45) is 0.818. The summed E-state index contributed by atoms with van der Waals surface area (Å²) in [6, 6.07) is 4.18. The molecule has 0 bridgehead atoms. The van der Waals surface area contributed by atoms with E-state index in [4.69, 9.17) is 0 Å². The Hall–Kier alpha value is -1.95. The summed E-state index contributed by atoms with van der Waals surface area (Å²) in [6.45, 7) is 4.31. The lowest BCUT2D eigenvalue weighted by atomic mass is 10.2. The van der Waals surface area contributed by atoms with Crippen LogP contribution in [0.3, 0.4) is 0 Å². The fourth-order valence-corrected chi connectivity index (χ4v) is 2.19. The monoisotopic (exact) mass is 279 g/mol. The average molecular weight is 279 g/mol. The number of halogens is 1. The van der Waals surface area contributed by atoms with Gasteiger partial charge in [0.05, 0.1) is 0 Å². The van der Waals surface area contributed by atoms with Crippen LogP contribution in [0.4, 0.5) is 10.1 Å². The minimum absolute atomic E-state index is 0.300. The summed E-state index contributed by atoms with van der Waals surface area (Å²) in [5.74, 6) is -1.74. The normalized spacial score (nSPS) is 15.6. The number of anilines is 1. The molecule has 0 spiro atoms. The number of amides is 2. The van der Waals surface area contributed by atoms with E-state index < -0.39 is 17.6 Å². The third kappa shape index (κ3) is 3.77. The first-order valence-electron chi connectivity index (χ1n) is 6.64. The molecule has 0 atom stereocenters. The molecule has 0 radical (unpaired) electrons. The van der Waals surface area contributed by atoms with E-state index >= 15 is 0 Å². The van der Waals surface area contributed by atoms with E-state index in [1.165, 1.54) is 17.0 Å². The largest absolute Gasteiger partial charge is 0.333 e. The predicted molar refractivity (Wildman–Crippen MR) is 73.8 cm³/mol. The van der Waals surface area contributed by atoms with E-state index in [0.717, 1.165) is 13.0 Å². The maximum Gasteiger partial charge on any atom is 0.313 e. The van der Waals surface area contributed by atoms with E-state index in [1.54, 1.807) is 13.0 Å². The van der Waals surface area contributed by atoms with Crippen molar-refractivity contribution in [1.82, 2.24) is 10.2 Å². The number of nitrogens with one attached hydrogen (secondary N) is 2. The van der Waals surface area contributed by atoms with E-state index in [1.807, 2.05) is 0 Å². The summed E-state index contributed by atoms with van der Waals surface area (Å²) in [4.78, 5) is 25.4. The van der Waals surface area contributed by atoms with Gasteiger partial charge < -0.3 is 15.5 Å². The average Bonchev–Trinajstić information content (AvgIpc) is 2.65. The zero-order chi connectivity index (χ0) is 14.5. The van der Waals surface area contributed by atoms with Crippen LogP contribution < -0.4 is 10.6 Å². The van der Waals surface area contributed by atoms with Gasteiger partial charge in [-0.15, -0.1) is 0 Å². The molecule has 2 rings (SSSR count). The van der Waals surface area contributed by atoms with Crippen LogP contribution >= 0.6 is 0 Å². The molecule has 0 unspecified atom stereocenters. The fourth-order valence-electron chi connectivity index (χ4n) is 2.19. The van der Waals surface area contributed by atoms with Crippen molar-refractivity contribution >= 4 is 17.5 Å². The van der Waals surface area contributed by atoms with Crippen molar-refractivity contribution in [2.75, 3.05) is 31.5 Å². The minimum atomic E-state index is -0.725. The molecule has 20 heavy (non-hydrogen) atoms. The first kappa shape index (κ1) is 14.5. The second-order valence-corrected chi connectivity index (χ2v) is 4.87. The maximum atomic E-state index is 13.2. The van der Waals surface area contributed by atoms with Crippen molar-refractivity contribution in [2.24, 2.45) is 0 Å². The number of carbonyl (C=O) groups excluding carboxylic acids is 2. The molecule has 6 heteroatoms. The van der Waals surface area contributed by atoms with Crippen LogP contribution in [0.2, 0.25) is 0 Å². The fraction of sp³-hybridized carbons (Fsp3) is 0.429. The number of benzene rings is 1. The molecule has 1 aliphatic heterocycles. The Labute approximate surface area is 117 Å². The number of carbonyl (C=O) groups is 2. The summed E-state index contributed by atoms with van der Waals surface area (Å²) in [7, 11) is 0. The van der Waals surface area contributed by atoms with Crippen LogP contribution in [-0.4, -0.2) is 42.9 Å². The predicted octanol–water partition coefficient (Wildman–Crippen LogP) is 0.895. The number of hydrogen-bond acceptors (Lipinski definition) is 3. The molecule has 108 valence electrons. The topological polar surface area (TPSA) is 61.4 Å². The number of aryl methyl sites for hydroxylation is 1. The Kier molecular flexibility index (Phi) is 4.68. The van der Waals surface area contributed by atoms with Crippen molar-refractivity contribution in [3.63, 3.8) is 0 Å². The highest BCUT2D eigenvalue weighted by atomic mass is 19.1. The third-order valence-electron chi connectivity index (χ3n) is 3.12. The molecule has 1 aliphatic rings. The van der Waals surface area contributed by atoms with Crippen LogP contribution in [0.15, 0.2) is 18.2 Å². The first-order chi connectivity index (χ1) is 9.56. The zero-order valence-electron chi connectivity index (χ0n) is 11.4. The van der Waals surface area contributed by atoms with Crippen molar-refractivity contribution in [1.29, 1.82) is 0 Å². The van der Waals surface area contributed by atoms with Gasteiger partial charge in [-0.3, -0.25) is 9.59 Å². The summed E-state index contributed by atoms with van der Waals surface area (Å²) >= 11 is 0. The number of nitrogens with zero attached hydrogens (tertiary/aromatic N) is 1. The number of rotatable bonds is 1. The molecule has 5 nitrogen and oxygen atoms in total. The first-order valence-corrected chi connectivity index (χ1v) is 6.64. The Morgan fingerprint density at radius 3 is 2.80 bits per heavy atom. The Bertz CT molecular complexity index is 491. The summed E-state index contributed by atoms with van der Waals surface area (Å²) < 4.78 is 13.2. The van der Waals surface area contributed by atoms with Gasteiger partial charge in [0.25, 0.3) is 0 Å². The summed E-state index contributed by atoms with van der Waals surface area (Å²) in [5.41, 5.74) is 0.987. The molecule has 0 aromatic heterocycles. The molecule has 1 aromatic carbocycles. The highest BCUT2D eigenvalue weighted by Crippen LogP contribution is 2.13. The van der Waals surface area contributed by atoms with Crippen LogP contribution in [-0.2, 0) is 9.59 Å². The van der Waals surface area contributed by atoms with Gasteiger partial charge in [-0.25, -0.2) is 4.39 Å². The van der Waals surface area contributed by atoms with Gasteiger partial charge in [0.1, 0.15) is 5.82 Å². The van der Waals surface area contributed by atoms with Crippen LogP contribution in [0.1, 0.15) is 12.0 Å². The van der Waals surface area contributed by atoms with Gasteiger partial charge in [-0.05, 0) is 43.7 Å². The third-order valence-corrected chi connectivity index (χ3v) is 3.12.